The Morgan fingerprint density at radius 3 is 2.94 bits per heavy atom. The van der Waals surface area contributed by atoms with Gasteiger partial charge in [-0.3, -0.25) is 10.1 Å². The Bertz CT molecular complexity index is 583. The smallest absolute Gasteiger partial charge is 0.306 e. The molecule has 0 saturated carbocycles. The van der Waals surface area contributed by atoms with Crippen molar-refractivity contribution in [3.8, 4) is 5.69 Å². The van der Waals surface area contributed by atoms with Gasteiger partial charge in [0.2, 0.25) is 5.82 Å². The molecule has 2 N–H and O–H groups in total. The van der Waals surface area contributed by atoms with Gasteiger partial charge in [0.05, 0.1) is 22.5 Å². The van der Waals surface area contributed by atoms with Gasteiger partial charge in [-0.25, -0.2) is 4.68 Å². The van der Waals surface area contributed by atoms with Crippen molar-refractivity contribution in [1.29, 1.82) is 0 Å². The third kappa shape index (κ3) is 2.33. The van der Waals surface area contributed by atoms with Crippen molar-refractivity contribution in [3.63, 3.8) is 0 Å². The fraction of sp³-hybridized carbons (Fsp3) is 0.200. The summed E-state index contributed by atoms with van der Waals surface area (Å²) in [6, 6.07) is 3.53. The van der Waals surface area contributed by atoms with E-state index in [9.17, 15) is 14.5 Å². The highest BCUT2D eigenvalue weighted by Crippen LogP contribution is 2.20. The van der Waals surface area contributed by atoms with Gasteiger partial charge in [0.15, 0.2) is 0 Å². The number of nitrogens with two attached hydrogens (primary N) is 1. The van der Waals surface area contributed by atoms with Crippen LogP contribution in [0, 0.1) is 15.9 Å². The molecule has 0 aliphatic heterocycles. The number of hydrogen-bond donors (Lipinski definition) is 1. The van der Waals surface area contributed by atoms with Crippen molar-refractivity contribution in [2.75, 3.05) is 6.54 Å². The van der Waals surface area contributed by atoms with Crippen LogP contribution in [0.15, 0.2) is 24.4 Å². The van der Waals surface area contributed by atoms with E-state index in [1.807, 2.05) is 0 Å². The maximum atomic E-state index is 13.2. The molecular formula is C10H10FN5O2. The highest BCUT2D eigenvalue weighted by atomic mass is 19.1. The molecule has 0 bridgehead atoms. The highest BCUT2D eigenvalue weighted by Gasteiger charge is 2.15. The van der Waals surface area contributed by atoms with Crippen LogP contribution < -0.4 is 5.73 Å². The largest absolute Gasteiger partial charge is 0.330 e. The van der Waals surface area contributed by atoms with E-state index < -0.39 is 16.4 Å². The normalized spacial score (nSPS) is 10.6. The molecule has 8 heteroatoms. The van der Waals surface area contributed by atoms with Gasteiger partial charge >= 0.3 is 5.69 Å². The third-order valence-corrected chi connectivity index (χ3v) is 2.33. The Kier molecular flexibility index (Phi) is 3.28. The van der Waals surface area contributed by atoms with Crippen LogP contribution in [-0.2, 0) is 6.42 Å². The molecule has 0 radical (unpaired) electrons. The SMILES string of the molecule is NCCc1cn(-c2ccc(F)c([N+](=O)[O-])c2)nn1. The van der Waals surface area contributed by atoms with E-state index in [2.05, 4.69) is 10.3 Å². The molecule has 1 heterocycles. The van der Waals surface area contributed by atoms with Crippen LogP contribution in [0.25, 0.3) is 5.69 Å². The molecule has 0 spiro atoms. The second kappa shape index (κ2) is 4.88. The average molecular weight is 251 g/mol. The van der Waals surface area contributed by atoms with Crippen LogP contribution in [-0.4, -0.2) is 26.5 Å². The van der Waals surface area contributed by atoms with Crippen molar-refractivity contribution in [3.05, 3.63) is 46.0 Å². The fourth-order valence-corrected chi connectivity index (χ4v) is 1.47. The van der Waals surface area contributed by atoms with Gasteiger partial charge < -0.3 is 5.73 Å². The minimum absolute atomic E-state index is 0.374. The number of hydrogen-bond acceptors (Lipinski definition) is 5. The molecule has 94 valence electrons. The number of benzene rings is 1. The summed E-state index contributed by atoms with van der Waals surface area (Å²) in [6.45, 7) is 0.433. The zero-order chi connectivity index (χ0) is 13.1. The van der Waals surface area contributed by atoms with Crippen LogP contribution in [0.5, 0.6) is 0 Å². The lowest BCUT2D eigenvalue weighted by molar-refractivity contribution is -0.387. The van der Waals surface area contributed by atoms with E-state index in [1.54, 1.807) is 6.20 Å². The predicted molar refractivity (Wildman–Crippen MR) is 60.7 cm³/mol. The summed E-state index contributed by atoms with van der Waals surface area (Å²) in [5.41, 5.74) is 5.83. The molecular weight excluding hydrogens is 241 g/mol. The van der Waals surface area contributed by atoms with E-state index in [4.69, 9.17) is 5.73 Å². The Balaban J connectivity index is 2.38. The van der Waals surface area contributed by atoms with E-state index in [0.29, 0.717) is 24.3 Å². The maximum Gasteiger partial charge on any atom is 0.306 e. The number of aromatic nitrogens is 3. The first kappa shape index (κ1) is 12.1. The molecule has 2 aromatic rings. The Labute approximate surface area is 101 Å². The number of nitro groups is 1. The van der Waals surface area contributed by atoms with Crippen LogP contribution in [0.4, 0.5) is 10.1 Å². The van der Waals surface area contributed by atoms with Gasteiger partial charge in [-0.2, -0.15) is 4.39 Å². The molecule has 0 aliphatic carbocycles. The van der Waals surface area contributed by atoms with Crippen molar-refractivity contribution >= 4 is 5.69 Å². The summed E-state index contributed by atoms with van der Waals surface area (Å²) < 4.78 is 14.5. The molecule has 2 rings (SSSR count). The van der Waals surface area contributed by atoms with Crippen molar-refractivity contribution in [1.82, 2.24) is 15.0 Å². The molecule has 0 amide bonds. The first-order valence-electron chi connectivity index (χ1n) is 5.17. The fourth-order valence-electron chi connectivity index (χ4n) is 1.47. The second-order valence-corrected chi connectivity index (χ2v) is 3.59. The molecule has 1 aromatic heterocycles. The zero-order valence-electron chi connectivity index (χ0n) is 9.28. The van der Waals surface area contributed by atoms with Crippen LogP contribution in [0.1, 0.15) is 5.69 Å². The molecule has 18 heavy (non-hydrogen) atoms. The quantitative estimate of drug-likeness (QED) is 0.640. The van der Waals surface area contributed by atoms with E-state index >= 15 is 0 Å². The zero-order valence-corrected chi connectivity index (χ0v) is 9.28. The summed E-state index contributed by atoms with van der Waals surface area (Å²) >= 11 is 0. The van der Waals surface area contributed by atoms with Crippen molar-refractivity contribution in [2.24, 2.45) is 5.73 Å². The molecule has 0 unspecified atom stereocenters. The molecule has 0 aliphatic rings. The molecule has 0 fully saturated rings. The Hall–Kier alpha value is -2.35. The maximum absolute atomic E-state index is 13.2. The lowest BCUT2D eigenvalue weighted by Crippen LogP contribution is -2.02. The summed E-state index contributed by atoms with van der Waals surface area (Å²) in [7, 11) is 0. The lowest BCUT2D eigenvalue weighted by atomic mass is 10.2. The van der Waals surface area contributed by atoms with Crippen LogP contribution in [0.2, 0.25) is 0 Å². The van der Waals surface area contributed by atoms with Gasteiger partial charge in [-0.05, 0) is 18.7 Å². The van der Waals surface area contributed by atoms with E-state index in [1.165, 1.54) is 10.7 Å². The number of nitrogens with zero attached hydrogens (tertiary/aromatic N) is 4. The van der Waals surface area contributed by atoms with Gasteiger partial charge in [0.25, 0.3) is 0 Å². The predicted octanol–water partition coefficient (Wildman–Crippen LogP) is 0.816. The summed E-state index contributed by atoms with van der Waals surface area (Å²) in [6.07, 6.45) is 2.16. The molecule has 7 nitrogen and oxygen atoms in total. The van der Waals surface area contributed by atoms with Gasteiger partial charge in [-0.15, -0.1) is 5.10 Å². The topological polar surface area (TPSA) is 99.9 Å². The van der Waals surface area contributed by atoms with Gasteiger partial charge in [0.1, 0.15) is 0 Å². The minimum atomic E-state index is -0.883. The second-order valence-electron chi connectivity index (χ2n) is 3.59. The standard InChI is InChI=1S/C10H10FN5O2/c11-9-2-1-8(5-10(9)16(17)18)15-6-7(3-4-12)13-14-15/h1-2,5-6H,3-4,12H2. The summed E-state index contributed by atoms with van der Waals surface area (Å²) in [5.74, 6) is -0.883. The number of halogens is 1. The van der Waals surface area contributed by atoms with E-state index in [0.717, 1.165) is 12.1 Å². The molecule has 1 aromatic carbocycles. The van der Waals surface area contributed by atoms with Crippen LogP contribution >= 0.6 is 0 Å². The lowest BCUT2D eigenvalue weighted by Gasteiger charge is -2.00. The highest BCUT2D eigenvalue weighted by molar-refractivity contribution is 5.43. The number of nitro benzene ring substituents is 1. The molecule has 0 atom stereocenters. The third-order valence-electron chi connectivity index (χ3n) is 2.33. The first-order chi connectivity index (χ1) is 8.61. The van der Waals surface area contributed by atoms with Crippen LogP contribution in [0.3, 0.4) is 0 Å². The summed E-state index contributed by atoms with van der Waals surface area (Å²) in [5, 5.41) is 18.3. The summed E-state index contributed by atoms with van der Waals surface area (Å²) in [4.78, 5) is 9.84. The van der Waals surface area contributed by atoms with Crippen molar-refractivity contribution in [2.45, 2.75) is 6.42 Å². The Morgan fingerprint density at radius 1 is 1.50 bits per heavy atom. The van der Waals surface area contributed by atoms with E-state index in [-0.39, 0.29) is 0 Å². The molecule has 0 saturated heterocycles. The Morgan fingerprint density at radius 2 is 2.28 bits per heavy atom. The van der Waals surface area contributed by atoms with Crippen molar-refractivity contribution < 1.29 is 9.31 Å². The first-order valence-corrected chi connectivity index (χ1v) is 5.17. The van der Waals surface area contributed by atoms with Gasteiger partial charge in [0, 0.05) is 12.5 Å². The minimum Gasteiger partial charge on any atom is -0.330 e. The van der Waals surface area contributed by atoms with Gasteiger partial charge in [-0.1, -0.05) is 5.21 Å². The number of rotatable bonds is 4. The average Bonchev–Trinajstić information content (AvgIpc) is 2.78. The monoisotopic (exact) mass is 251 g/mol.